The van der Waals surface area contributed by atoms with E-state index in [9.17, 15) is 8.42 Å². The summed E-state index contributed by atoms with van der Waals surface area (Å²) in [7, 11) is -3.15. The van der Waals surface area contributed by atoms with Crippen LogP contribution < -0.4 is 4.72 Å². The van der Waals surface area contributed by atoms with Gasteiger partial charge in [0.15, 0.2) is 0 Å². The van der Waals surface area contributed by atoms with Crippen molar-refractivity contribution in [2.24, 2.45) is 0 Å². The van der Waals surface area contributed by atoms with E-state index in [1.54, 1.807) is 0 Å². The number of rotatable bonds is 10. The van der Waals surface area contributed by atoms with Gasteiger partial charge < -0.3 is 5.11 Å². The predicted molar refractivity (Wildman–Crippen MR) is 82.2 cm³/mol. The average Bonchev–Trinajstić information content (AvgIpc) is 2.45. The van der Waals surface area contributed by atoms with Crippen molar-refractivity contribution in [3.63, 3.8) is 0 Å². The van der Waals surface area contributed by atoms with Crippen LogP contribution in [0.15, 0.2) is 30.3 Å². The van der Waals surface area contributed by atoms with Crippen molar-refractivity contribution in [2.75, 3.05) is 18.9 Å². The summed E-state index contributed by atoms with van der Waals surface area (Å²) in [6.07, 6.45) is 2.92. The molecular formula is C15H25NO3S. The molecule has 5 heteroatoms. The number of unbranched alkanes of at least 4 members (excludes halogenated alkanes) is 1. The monoisotopic (exact) mass is 299 g/mol. The topological polar surface area (TPSA) is 66.4 Å². The van der Waals surface area contributed by atoms with Crippen molar-refractivity contribution in [2.45, 2.75) is 38.5 Å². The number of sulfonamides is 1. The highest BCUT2D eigenvalue weighted by Crippen LogP contribution is 2.22. The molecule has 20 heavy (non-hydrogen) atoms. The molecule has 0 aliphatic rings. The summed E-state index contributed by atoms with van der Waals surface area (Å²) >= 11 is 0. The van der Waals surface area contributed by atoms with Crippen molar-refractivity contribution in [3.05, 3.63) is 35.9 Å². The molecule has 0 saturated heterocycles. The zero-order valence-corrected chi connectivity index (χ0v) is 12.9. The first kappa shape index (κ1) is 17.1. The second-order valence-electron chi connectivity index (χ2n) is 4.98. The van der Waals surface area contributed by atoms with Crippen molar-refractivity contribution in [1.82, 2.24) is 4.72 Å². The number of nitrogens with one attached hydrogen (secondary N) is 1. The summed E-state index contributed by atoms with van der Waals surface area (Å²) in [6.45, 7) is 2.51. The van der Waals surface area contributed by atoms with Gasteiger partial charge in [-0.05, 0) is 30.7 Å². The normalized spacial score (nSPS) is 13.3. The molecule has 0 spiro atoms. The Kier molecular flexibility index (Phi) is 7.80. The second-order valence-corrected chi connectivity index (χ2v) is 6.90. The van der Waals surface area contributed by atoms with Gasteiger partial charge in [0.2, 0.25) is 10.0 Å². The maximum atomic E-state index is 11.7. The van der Waals surface area contributed by atoms with Crippen LogP contribution in [0.5, 0.6) is 0 Å². The van der Waals surface area contributed by atoms with E-state index in [1.165, 1.54) is 0 Å². The number of aliphatic hydroxyl groups excluding tert-OH is 1. The molecule has 0 aromatic heterocycles. The second kappa shape index (κ2) is 9.10. The molecule has 0 fully saturated rings. The van der Waals surface area contributed by atoms with E-state index < -0.39 is 10.0 Å². The van der Waals surface area contributed by atoms with Gasteiger partial charge in [-0.2, -0.15) is 0 Å². The summed E-state index contributed by atoms with van der Waals surface area (Å²) in [5.74, 6) is 0.384. The summed E-state index contributed by atoms with van der Waals surface area (Å²) in [5, 5.41) is 9.13. The van der Waals surface area contributed by atoms with E-state index >= 15 is 0 Å². The van der Waals surface area contributed by atoms with Gasteiger partial charge >= 0.3 is 0 Å². The Hall–Kier alpha value is -0.910. The number of aliphatic hydroxyl groups is 1. The molecule has 1 aromatic rings. The van der Waals surface area contributed by atoms with Crippen molar-refractivity contribution in [1.29, 1.82) is 0 Å². The molecule has 0 radical (unpaired) electrons. The number of hydrogen-bond donors (Lipinski definition) is 2. The highest BCUT2D eigenvalue weighted by molar-refractivity contribution is 7.89. The lowest BCUT2D eigenvalue weighted by Gasteiger charge is -2.16. The van der Waals surface area contributed by atoms with Crippen LogP contribution in [0.25, 0.3) is 0 Å². The standard InChI is InChI=1S/C15H25NO3S/c1-2-3-13-20(18,19)16-11-9-15(10-12-17)14-7-5-4-6-8-14/h4-8,15-17H,2-3,9-13H2,1H3. The minimum atomic E-state index is -3.15. The Balaban J connectivity index is 2.48. The third-order valence-corrected chi connectivity index (χ3v) is 4.80. The average molecular weight is 299 g/mol. The zero-order chi connectivity index (χ0) is 14.8. The van der Waals surface area contributed by atoms with E-state index in [1.807, 2.05) is 37.3 Å². The Bertz CT molecular complexity index is 459. The maximum absolute atomic E-state index is 11.7. The fourth-order valence-corrected chi connectivity index (χ4v) is 3.40. The van der Waals surface area contributed by atoms with Gasteiger partial charge in [0.05, 0.1) is 5.75 Å². The molecule has 1 aromatic carbocycles. The summed E-state index contributed by atoms with van der Waals surface area (Å²) in [5.41, 5.74) is 1.15. The van der Waals surface area contributed by atoms with Crippen LogP contribution in [0.1, 0.15) is 44.1 Å². The van der Waals surface area contributed by atoms with Gasteiger partial charge in [-0.3, -0.25) is 0 Å². The molecule has 0 amide bonds. The van der Waals surface area contributed by atoms with Gasteiger partial charge in [-0.25, -0.2) is 13.1 Å². The lowest BCUT2D eigenvalue weighted by molar-refractivity contribution is 0.273. The fourth-order valence-electron chi connectivity index (χ4n) is 2.15. The van der Waals surface area contributed by atoms with Crippen LogP contribution in [0.3, 0.4) is 0 Å². The van der Waals surface area contributed by atoms with Crippen LogP contribution in [0, 0.1) is 0 Å². The minimum Gasteiger partial charge on any atom is -0.396 e. The molecule has 1 atom stereocenters. The molecule has 0 aliphatic carbocycles. The number of hydrogen-bond acceptors (Lipinski definition) is 3. The van der Waals surface area contributed by atoms with E-state index in [4.69, 9.17) is 5.11 Å². The maximum Gasteiger partial charge on any atom is 0.211 e. The van der Waals surface area contributed by atoms with Crippen molar-refractivity contribution in [3.8, 4) is 0 Å². The first-order chi connectivity index (χ1) is 9.59. The van der Waals surface area contributed by atoms with Crippen LogP contribution in [-0.4, -0.2) is 32.4 Å². The van der Waals surface area contributed by atoms with E-state index in [-0.39, 0.29) is 18.3 Å². The quantitative estimate of drug-likeness (QED) is 0.696. The largest absolute Gasteiger partial charge is 0.396 e. The highest BCUT2D eigenvalue weighted by atomic mass is 32.2. The number of benzene rings is 1. The molecule has 114 valence electrons. The van der Waals surface area contributed by atoms with Gasteiger partial charge in [-0.15, -0.1) is 0 Å². The van der Waals surface area contributed by atoms with E-state index in [0.29, 0.717) is 25.8 Å². The van der Waals surface area contributed by atoms with Crippen LogP contribution in [0.2, 0.25) is 0 Å². The fraction of sp³-hybridized carbons (Fsp3) is 0.600. The van der Waals surface area contributed by atoms with E-state index in [0.717, 1.165) is 12.0 Å². The predicted octanol–water partition coefficient (Wildman–Crippen LogP) is 2.26. The first-order valence-corrected chi connectivity index (χ1v) is 8.87. The summed E-state index contributed by atoms with van der Waals surface area (Å²) in [6, 6.07) is 9.92. The lowest BCUT2D eigenvalue weighted by atomic mass is 9.93. The lowest BCUT2D eigenvalue weighted by Crippen LogP contribution is -2.28. The minimum absolute atomic E-state index is 0.113. The third-order valence-electron chi connectivity index (χ3n) is 3.33. The third kappa shape index (κ3) is 6.50. The van der Waals surface area contributed by atoms with Crippen LogP contribution in [0.4, 0.5) is 0 Å². The van der Waals surface area contributed by atoms with Gasteiger partial charge in [0, 0.05) is 13.2 Å². The van der Waals surface area contributed by atoms with Crippen LogP contribution in [-0.2, 0) is 10.0 Å². The molecule has 0 saturated carbocycles. The Morgan fingerprint density at radius 3 is 2.50 bits per heavy atom. The van der Waals surface area contributed by atoms with Crippen molar-refractivity contribution < 1.29 is 13.5 Å². The van der Waals surface area contributed by atoms with Gasteiger partial charge in [0.25, 0.3) is 0 Å². The van der Waals surface area contributed by atoms with Crippen LogP contribution >= 0.6 is 0 Å². The Morgan fingerprint density at radius 1 is 1.20 bits per heavy atom. The molecule has 0 aliphatic heterocycles. The molecule has 0 heterocycles. The molecule has 0 bridgehead atoms. The Morgan fingerprint density at radius 2 is 1.90 bits per heavy atom. The van der Waals surface area contributed by atoms with Crippen molar-refractivity contribution >= 4 is 10.0 Å². The molecule has 2 N–H and O–H groups in total. The smallest absolute Gasteiger partial charge is 0.211 e. The summed E-state index contributed by atoms with van der Waals surface area (Å²) in [4.78, 5) is 0. The van der Waals surface area contributed by atoms with Gasteiger partial charge in [0.1, 0.15) is 0 Å². The molecular weight excluding hydrogens is 274 g/mol. The SMILES string of the molecule is CCCCS(=O)(=O)NCCC(CCO)c1ccccc1. The molecule has 1 unspecified atom stereocenters. The highest BCUT2D eigenvalue weighted by Gasteiger charge is 2.13. The van der Waals surface area contributed by atoms with Gasteiger partial charge in [-0.1, -0.05) is 43.7 Å². The molecule has 1 rings (SSSR count). The Labute approximate surface area is 122 Å². The first-order valence-electron chi connectivity index (χ1n) is 7.22. The molecule has 4 nitrogen and oxygen atoms in total. The summed E-state index contributed by atoms with van der Waals surface area (Å²) < 4.78 is 26.1. The zero-order valence-electron chi connectivity index (χ0n) is 12.1. The van der Waals surface area contributed by atoms with E-state index in [2.05, 4.69) is 4.72 Å².